The number of hydrogen-bond donors (Lipinski definition) is 1. The van der Waals surface area contributed by atoms with Crippen LogP contribution in [-0.4, -0.2) is 60.4 Å². The number of aromatic nitrogens is 1. The van der Waals surface area contributed by atoms with Gasteiger partial charge in [0.1, 0.15) is 0 Å². The smallest absolute Gasteiger partial charge is 0.252 e. The van der Waals surface area contributed by atoms with Crippen LogP contribution in [0.15, 0.2) is 23.4 Å². The standard InChI is InChI=1S/C18H27N3O2S/c22-18(20-14-16-5-4-11-23-16)15-6-7-17(19-13-15)24-12-10-21-8-2-1-3-9-21/h6-7,13,16H,1-5,8-12,14H2,(H,20,22)/t16-/m1/s1. The van der Waals surface area contributed by atoms with Gasteiger partial charge in [0.15, 0.2) is 0 Å². The average molecular weight is 350 g/mol. The fraction of sp³-hybridized carbons (Fsp3) is 0.667. The van der Waals surface area contributed by atoms with Gasteiger partial charge < -0.3 is 15.0 Å². The summed E-state index contributed by atoms with van der Waals surface area (Å²) in [5, 5.41) is 3.92. The van der Waals surface area contributed by atoms with Crippen molar-refractivity contribution >= 4 is 17.7 Å². The van der Waals surface area contributed by atoms with Gasteiger partial charge in [-0.3, -0.25) is 4.79 Å². The van der Waals surface area contributed by atoms with Crippen molar-refractivity contribution in [2.75, 3.05) is 38.5 Å². The Morgan fingerprint density at radius 2 is 2.17 bits per heavy atom. The molecule has 24 heavy (non-hydrogen) atoms. The number of amides is 1. The Bertz CT molecular complexity index is 512. The summed E-state index contributed by atoms with van der Waals surface area (Å²) < 4.78 is 5.51. The molecular weight excluding hydrogens is 322 g/mol. The first kappa shape index (κ1) is 17.7. The van der Waals surface area contributed by atoms with Crippen molar-refractivity contribution in [1.29, 1.82) is 0 Å². The Balaban J connectivity index is 1.38. The van der Waals surface area contributed by atoms with Crippen molar-refractivity contribution in [3.8, 4) is 0 Å². The molecule has 1 amide bonds. The van der Waals surface area contributed by atoms with Gasteiger partial charge in [-0.05, 0) is 50.9 Å². The number of carbonyl (C=O) groups is 1. The van der Waals surface area contributed by atoms with Gasteiger partial charge in [-0.2, -0.15) is 0 Å². The van der Waals surface area contributed by atoms with E-state index in [0.717, 1.165) is 36.8 Å². The second kappa shape index (κ2) is 9.39. The number of pyridine rings is 1. The van der Waals surface area contributed by atoms with E-state index in [-0.39, 0.29) is 12.0 Å². The van der Waals surface area contributed by atoms with Gasteiger partial charge >= 0.3 is 0 Å². The Labute approximate surface area is 148 Å². The normalized spacial score (nSPS) is 21.8. The van der Waals surface area contributed by atoms with E-state index in [2.05, 4.69) is 15.2 Å². The van der Waals surface area contributed by atoms with Crippen molar-refractivity contribution in [2.24, 2.45) is 0 Å². The van der Waals surface area contributed by atoms with E-state index in [1.54, 1.807) is 18.0 Å². The van der Waals surface area contributed by atoms with E-state index in [1.165, 1.54) is 32.4 Å². The molecule has 2 aliphatic heterocycles. The number of likely N-dealkylation sites (tertiary alicyclic amines) is 1. The Hall–Kier alpha value is -1.11. The van der Waals surface area contributed by atoms with Crippen molar-refractivity contribution in [3.63, 3.8) is 0 Å². The summed E-state index contributed by atoms with van der Waals surface area (Å²) in [5.41, 5.74) is 0.619. The molecule has 0 radical (unpaired) electrons. The summed E-state index contributed by atoms with van der Waals surface area (Å²) in [6.07, 6.45) is 8.01. The predicted molar refractivity (Wildman–Crippen MR) is 96.6 cm³/mol. The highest BCUT2D eigenvalue weighted by Gasteiger charge is 2.16. The third-order valence-electron chi connectivity index (χ3n) is 4.62. The lowest BCUT2D eigenvalue weighted by Gasteiger charge is -2.25. The first-order chi connectivity index (χ1) is 11.8. The zero-order valence-electron chi connectivity index (χ0n) is 14.2. The van der Waals surface area contributed by atoms with Crippen LogP contribution < -0.4 is 5.32 Å². The lowest BCUT2D eigenvalue weighted by atomic mass is 10.1. The van der Waals surface area contributed by atoms with Gasteiger partial charge in [0.25, 0.3) is 5.91 Å². The van der Waals surface area contributed by atoms with E-state index in [0.29, 0.717) is 12.1 Å². The van der Waals surface area contributed by atoms with Crippen LogP contribution >= 0.6 is 11.8 Å². The Morgan fingerprint density at radius 3 is 2.88 bits per heavy atom. The molecule has 0 bridgehead atoms. The molecule has 1 aromatic rings. The number of ether oxygens (including phenoxy) is 1. The Kier molecular flexibility index (Phi) is 6.93. The average Bonchev–Trinajstić information content (AvgIpc) is 3.15. The maximum absolute atomic E-state index is 12.1. The zero-order chi connectivity index (χ0) is 16.6. The third kappa shape index (κ3) is 5.46. The highest BCUT2D eigenvalue weighted by Crippen LogP contribution is 2.17. The number of nitrogens with one attached hydrogen (secondary N) is 1. The van der Waals surface area contributed by atoms with Crippen molar-refractivity contribution in [3.05, 3.63) is 23.9 Å². The zero-order valence-corrected chi connectivity index (χ0v) is 15.0. The monoisotopic (exact) mass is 349 g/mol. The fourth-order valence-corrected chi connectivity index (χ4v) is 4.03. The molecule has 0 spiro atoms. The third-order valence-corrected chi connectivity index (χ3v) is 5.54. The summed E-state index contributed by atoms with van der Waals surface area (Å²) >= 11 is 1.76. The van der Waals surface area contributed by atoms with E-state index in [1.807, 2.05) is 12.1 Å². The van der Waals surface area contributed by atoms with Crippen LogP contribution in [0.25, 0.3) is 0 Å². The summed E-state index contributed by atoms with van der Waals surface area (Å²) in [4.78, 5) is 19.1. The molecule has 6 heteroatoms. The topological polar surface area (TPSA) is 54.5 Å². The molecule has 1 aromatic heterocycles. The highest BCUT2D eigenvalue weighted by atomic mass is 32.2. The Morgan fingerprint density at radius 1 is 1.29 bits per heavy atom. The van der Waals surface area contributed by atoms with Crippen LogP contribution in [0.4, 0.5) is 0 Å². The summed E-state index contributed by atoms with van der Waals surface area (Å²) in [5.74, 6) is 0.986. The van der Waals surface area contributed by atoms with Gasteiger partial charge in [0.2, 0.25) is 0 Å². The molecule has 2 saturated heterocycles. The molecule has 0 aliphatic carbocycles. The number of rotatable bonds is 7. The number of hydrogen-bond acceptors (Lipinski definition) is 5. The van der Waals surface area contributed by atoms with Crippen LogP contribution in [0.1, 0.15) is 42.5 Å². The van der Waals surface area contributed by atoms with Crippen LogP contribution in [0.3, 0.4) is 0 Å². The summed E-state index contributed by atoms with van der Waals surface area (Å²) in [6, 6.07) is 3.81. The van der Waals surface area contributed by atoms with E-state index < -0.39 is 0 Å². The number of carbonyl (C=O) groups excluding carboxylic acids is 1. The lowest BCUT2D eigenvalue weighted by molar-refractivity contribution is 0.0857. The van der Waals surface area contributed by atoms with Gasteiger partial charge in [-0.1, -0.05) is 6.42 Å². The predicted octanol–water partition coefficient (Wildman–Crippen LogP) is 2.57. The molecule has 1 N–H and O–H groups in total. The van der Waals surface area contributed by atoms with Gasteiger partial charge in [-0.25, -0.2) is 4.98 Å². The van der Waals surface area contributed by atoms with Crippen LogP contribution in [0.2, 0.25) is 0 Å². The largest absolute Gasteiger partial charge is 0.376 e. The van der Waals surface area contributed by atoms with E-state index in [9.17, 15) is 4.79 Å². The molecule has 3 rings (SSSR count). The van der Waals surface area contributed by atoms with Crippen LogP contribution in [-0.2, 0) is 4.74 Å². The van der Waals surface area contributed by atoms with Crippen molar-refractivity contribution in [2.45, 2.75) is 43.2 Å². The first-order valence-electron chi connectivity index (χ1n) is 9.02. The summed E-state index contributed by atoms with van der Waals surface area (Å²) in [7, 11) is 0. The number of piperidine rings is 1. The molecule has 0 unspecified atom stereocenters. The molecular formula is C18H27N3O2S. The fourth-order valence-electron chi connectivity index (χ4n) is 3.18. The van der Waals surface area contributed by atoms with Crippen molar-refractivity contribution in [1.82, 2.24) is 15.2 Å². The van der Waals surface area contributed by atoms with E-state index in [4.69, 9.17) is 4.74 Å². The summed E-state index contributed by atoms with van der Waals surface area (Å²) in [6.45, 7) is 4.99. The molecule has 0 aromatic carbocycles. The lowest BCUT2D eigenvalue weighted by Crippen LogP contribution is -2.31. The van der Waals surface area contributed by atoms with Gasteiger partial charge in [0.05, 0.1) is 16.7 Å². The minimum absolute atomic E-state index is 0.0668. The maximum atomic E-state index is 12.1. The van der Waals surface area contributed by atoms with Crippen LogP contribution in [0.5, 0.6) is 0 Å². The minimum atomic E-state index is -0.0668. The number of thioether (sulfide) groups is 1. The minimum Gasteiger partial charge on any atom is -0.376 e. The number of nitrogens with zero attached hydrogens (tertiary/aromatic N) is 2. The van der Waals surface area contributed by atoms with Crippen molar-refractivity contribution < 1.29 is 9.53 Å². The van der Waals surface area contributed by atoms with Gasteiger partial charge in [-0.15, -0.1) is 11.8 Å². The molecule has 0 saturated carbocycles. The second-order valence-electron chi connectivity index (χ2n) is 6.48. The SMILES string of the molecule is O=C(NC[C@H]1CCCO1)c1ccc(SCCN2CCCCC2)nc1. The quantitative estimate of drug-likeness (QED) is 0.767. The molecule has 2 fully saturated rings. The maximum Gasteiger partial charge on any atom is 0.252 e. The molecule has 3 heterocycles. The molecule has 5 nitrogen and oxygen atoms in total. The first-order valence-corrected chi connectivity index (χ1v) is 10.0. The molecule has 2 aliphatic rings. The van der Waals surface area contributed by atoms with Gasteiger partial charge in [0, 0.05) is 31.6 Å². The van der Waals surface area contributed by atoms with E-state index >= 15 is 0 Å². The second-order valence-corrected chi connectivity index (χ2v) is 7.60. The molecule has 1 atom stereocenters. The molecule has 132 valence electrons. The highest BCUT2D eigenvalue weighted by molar-refractivity contribution is 7.99. The van der Waals surface area contributed by atoms with Crippen LogP contribution in [0, 0.1) is 0 Å².